The first kappa shape index (κ1) is 8.73. The quantitative estimate of drug-likeness (QED) is 0.516. The molecule has 0 amide bonds. The molecule has 1 rings (SSSR count). The number of halogens is 1. The van der Waals surface area contributed by atoms with Gasteiger partial charge in [0, 0.05) is 13.0 Å². The summed E-state index contributed by atoms with van der Waals surface area (Å²) >= 11 is 5.44. The number of carbonyl (C=O) groups is 1. The Bertz CT molecular complexity index is 295. The summed E-state index contributed by atoms with van der Waals surface area (Å²) in [4.78, 5) is 17.7. The number of nitrogens with zero attached hydrogens (tertiary/aromatic N) is 2. The second-order valence-electron chi connectivity index (χ2n) is 1.99. The van der Waals surface area contributed by atoms with E-state index in [0.29, 0.717) is 0 Å². The molecule has 1 aromatic rings. The average molecular weight is 188 g/mol. The minimum absolute atomic E-state index is 0.0498. The Balaban J connectivity index is 2.93. The van der Waals surface area contributed by atoms with Crippen molar-refractivity contribution in [2.24, 2.45) is 0 Å². The van der Waals surface area contributed by atoms with Gasteiger partial charge in [0.15, 0.2) is 0 Å². The van der Waals surface area contributed by atoms with E-state index in [4.69, 9.17) is 17.3 Å². The first-order chi connectivity index (χ1) is 5.58. The lowest BCUT2D eigenvalue weighted by Gasteiger charge is -2.00. The molecule has 2 N–H and O–H groups in total. The normalized spacial score (nSPS) is 9.50. The number of ether oxygens (including phenoxy) is 1. The Kier molecular flexibility index (Phi) is 2.44. The first-order valence-electron chi connectivity index (χ1n) is 3.06. The maximum absolute atomic E-state index is 10.5. The molecule has 0 radical (unpaired) electrons. The SMILES string of the molecule is CC(=O)Oc1cc(N)nc(Cl)n1. The van der Waals surface area contributed by atoms with Crippen LogP contribution in [0.15, 0.2) is 6.07 Å². The van der Waals surface area contributed by atoms with Crippen molar-refractivity contribution < 1.29 is 9.53 Å². The smallest absolute Gasteiger partial charge is 0.309 e. The maximum atomic E-state index is 10.5. The molecule has 0 atom stereocenters. The Labute approximate surface area is 73.5 Å². The van der Waals surface area contributed by atoms with E-state index in [0.717, 1.165) is 0 Å². The van der Waals surface area contributed by atoms with Crippen LogP contribution in [0.2, 0.25) is 5.28 Å². The zero-order valence-electron chi connectivity index (χ0n) is 6.24. The molecule has 0 aliphatic rings. The van der Waals surface area contributed by atoms with Gasteiger partial charge in [-0.3, -0.25) is 4.79 Å². The van der Waals surface area contributed by atoms with Gasteiger partial charge in [-0.1, -0.05) is 0 Å². The predicted octanol–water partition coefficient (Wildman–Crippen LogP) is 0.637. The summed E-state index contributed by atoms with van der Waals surface area (Å²) in [6.45, 7) is 1.26. The van der Waals surface area contributed by atoms with E-state index in [2.05, 4.69) is 14.7 Å². The van der Waals surface area contributed by atoms with Crippen molar-refractivity contribution in [2.75, 3.05) is 5.73 Å². The van der Waals surface area contributed by atoms with Crippen LogP contribution in [0.5, 0.6) is 5.88 Å². The number of carbonyl (C=O) groups excluding carboxylic acids is 1. The summed E-state index contributed by atoms with van der Waals surface area (Å²) in [5.74, 6) is -0.268. The highest BCUT2D eigenvalue weighted by Crippen LogP contribution is 2.13. The van der Waals surface area contributed by atoms with Crippen molar-refractivity contribution in [3.63, 3.8) is 0 Å². The zero-order chi connectivity index (χ0) is 9.14. The number of nitrogen functional groups attached to an aromatic ring is 1. The molecule has 0 saturated carbocycles. The van der Waals surface area contributed by atoms with Crippen LogP contribution in [-0.2, 0) is 4.79 Å². The van der Waals surface area contributed by atoms with Gasteiger partial charge < -0.3 is 10.5 Å². The van der Waals surface area contributed by atoms with E-state index in [1.165, 1.54) is 13.0 Å². The van der Waals surface area contributed by atoms with Crippen LogP contribution in [0.4, 0.5) is 5.82 Å². The van der Waals surface area contributed by atoms with Gasteiger partial charge in [-0.15, -0.1) is 0 Å². The van der Waals surface area contributed by atoms with E-state index in [-0.39, 0.29) is 17.0 Å². The van der Waals surface area contributed by atoms with Gasteiger partial charge in [0.2, 0.25) is 11.2 Å². The number of rotatable bonds is 1. The molecule has 1 aromatic heterocycles. The highest BCUT2D eigenvalue weighted by molar-refractivity contribution is 6.28. The molecule has 0 fully saturated rings. The summed E-state index contributed by atoms with van der Waals surface area (Å²) in [7, 11) is 0. The molecular weight excluding hydrogens is 182 g/mol. The predicted molar refractivity (Wildman–Crippen MR) is 42.8 cm³/mol. The van der Waals surface area contributed by atoms with Crippen LogP contribution in [0, 0.1) is 0 Å². The van der Waals surface area contributed by atoms with E-state index >= 15 is 0 Å². The van der Waals surface area contributed by atoms with Gasteiger partial charge in [0.1, 0.15) is 5.82 Å². The fraction of sp³-hybridized carbons (Fsp3) is 0.167. The lowest BCUT2D eigenvalue weighted by Crippen LogP contribution is -2.04. The number of esters is 1. The van der Waals surface area contributed by atoms with Gasteiger partial charge in [0.05, 0.1) is 0 Å². The largest absolute Gasteiger partial charge is 0.407 e. The Hall–Kier alpha value is -1.36. The molecule has 0 bridgehead atoms. The molecule has 0 unspecified atom stereocenters. The summed E-state index contributed by atoms with van der Waals surface area (Å²) in [6.07, 6.45) is 0. The van der Waals surface area contributed by atoms with Crippen LogP contribution in [0.25, 0.3) is 0 Å². The Morgan fingerprint density at radius 3 is 2.83 bits per heavy atom. The fourth-order valence-corrected chi connectivity index (χ4v) is 0.794. The number of hydrogen-bond acceptors (Lipinski definition) is 5. The van der Waals surface area contributed by atoms with E-state index in [1.807, 2.05) is 0 Å². The molecule has 64 valence electrons. The third-order valence-corrected chi connectivity index (χ3v) is 1.11. The van der Waals surface area contributed by atoms with Gasteiger partial charge >= 0.3 is 5.97 Å². The molecule has 1 heterocycles. The van der Waals surface area contributed by atoms with Crippen LogP contribution < -0.4 is 10.5 Å². The molecule has 0 aliphatic carbocycles. The molecule has 6 heteroatoms. The lowest BCUT2D eigenvalue weighted by molar-refractivity contribution is -0.132. The maximum Gasteiger partial charge on any atom is 0.309 e. The van der Waals surface area contributed by atoms with Gasteiger partial charge in [-0.2, -0.15) is 4.98 Å². The third kappa shape index (κ3) is 2.35. The van der Waals surface area contributed by atoms with Crippen LogP contribution in [0.3, 0.4) is 0 Å². The standard InChI is InChI=1S/C6H6ClN3O2/c1-3(11)12-5-2-4(8)9-6(7)10-5/h2H,1H3,(H2,8,9,10). The Morgan fingerprint density at radius 2 is 2.33 bits per heavy atom. The highest BCUT2D eigenvalue weighted by atomic mass is 35.5. The average Bonchev–Trinajstić information content (AvgIpc) is 1.81. The topological polar surface area (TPSA) is 78.1 Å². The summed E-state index contributed by atoms with van der Waals surface area (Å²) in [6, 6.07) is 1.31. The van der Waals surface area contributed by atoms with Crippen LogP contribution in [-0.4, -0.2) is 15.9 Å². The minimum atomic E-state index is -0.482. The second kappa shape index (κ2) is 3.36. The van der Waals surface area contributed by atoms with Crippen molar-refractivity contribution in [3.8, 4) is 5.88 Å². The van der Waals surface area contributed by atoms with Crippen molar-refractivity contribution in [1.82, 2.24) is 9.97 Å². The van der Waals surface area contributed by atoms with Gasteiger partial charge in [-0.25, -0.2) is 4.98 Å². The molecule has 0 spiro atoms. The molecule has 0 saturated heterocycles. The van der Waals surface area contributed by atoms with E-state index < -0.39 is 5.97 Å². The zero-order valence-corrected chi connectivity index (χ0v) is 7.00. The van der Waals surface area contributed by atoms with Crippen molar-refractivity contribution >= 4 is 23.4 Å². The first-order valence-corrected chi connectivity index (χ1v) is 3.44. The number of anilines is 1. The highest BCUT2D eigenvalue weighted by Gasteiger charge is 2.03. The lowest BCUT2D eigenvalue weighted by atomic mass is 10.6. The molecule has 0 aliphatic heterocycles. The molecular formula is C6H6ClN3O2. The van der Waals surface area contributed by atoms with Crippen molar-refractivity contribution in [2.45, 2.75) is 6.92 Å². The van der Waals surface area contributed by atoms with Gasteiger partial charge in [-0.05, 0) is 11.6 Å². The summed E-state index contributed by atoms with van der Waals surface area (Å²) < 4.78 is 4.62. The number of hydrogen-bond donors (Lipinski definition) is 1. The van der Waals surface area contributed by atoms with E-state index in [1.54, 1.807) is 0 Å². The minimum Gasteiger partial charge on any atom is -0.407 e. The van der Waals surface area contributed by atoms with Crippen molar-refractivity contribution in [3.05, 3.63) is 11.3 Å². The summed E-state index contributed by atoms with van der Waals surface area (Å²) in [5.41, 5.74) is 5.31. The summed E-state index contributed by atoms with van der Waals surface area (Å²) in [5, 5.41) is -0.0498. The second-order valence-corrected chi connectivity index (χ2v) is 2.33. The molecule has 0 aromatic carbocycles. The monoisotopic (exact) mass is 187 g/mol. The molecule has 5 nitrogen and oxygen atoms in total. The third-order valence-electron chi connectivity index (χ3n) is 0.943. The van der Waals surface area contributed by atoms with Crippen LogP contribution in [0.1, 0.15) is 6.92 Å². The van der Waals surface area contributed by atoms with Crippen molar-refractivity contribution in [1.29, 1.82) is 0 Å². The number of aromatic nitrogens is 2. The fourth-order valence-electron chi connectivity index (χ4n) is 0.613. The van der Waals surface area contributed by atoms with Gasteiger partial charge in [0.25, 0.3) is 0 Å². The molecule has 12 heavy (non-hydrogen) atoms. The van der Waals surface area contributed by atoms with E-state index in [9.17, 15) is 4.79 Å². The van der Waals surface area contributed by atoms with Crippen LogP contribution >= 0.6 is 11.6 Å². The Morgan fingerprint density at radius 1 is 1.67 bits per heavy atom. The number of nitrogens with two attached hydrogens (primary N) is 1.